The molecule has 4 heteroatoms. The number of halogens is 1. The highest BCUT2D eigenvalue weighted by molar-refractivity contribution is 5.31. The maximum atomic E-state index is 14.6. The van der Waals surface area contributed by atoms with E-state index in [0.717, 1.165) is 31.3 Å². The molecular formula is C21H29FO3. The smallest absolute Gasteiger partial charge is 0.156 e. The van der Waals surface area contributed by atoms with E-state index in [9.17, 15) is 19.7 Å². The molecule has 3 fully saturated rings. The maximum Gasteiger partial charge on any atom is 0.156 e. The van der Waals surface area contributed by atoms with Crippen molar-refractivity contribution in [2.75, 3.05) is 0 Å². The fraction of sp³-hybridized carbons (Fsp3) is 0.810. The largest absolute Gasteiger partial charge is 0.389 e. The van der Waals surface area contributed by atoms with E-state index in [0.29, 0.717) is 31.1 Å². The molecule has 0 aliphatic heterocycles. The molecule has 0 aromatic rings. The zero-order valence-corrected chi connectivity index (χ0v) is 15.1. The Morgan fingerprint density at radius 1 is 1.12 bits per heavy atom. The van der Waals surface area contributed by atoms with Gasteiger partial charge in [0.1, 0.15) is 11.9 Å². The first-order valence-corrected chi connectivity index (χ1v) is 9.64. The molecule has 0 spiro atoms. The monoisotopic (exact) mass is 348 g/mol. The van der Waals surface area contributed by atoms with E-state index in [2.05, 4.69) is 12.8 Å². The van der Waals surface area contributed by atoms with Gasteiger partial charge in [0.2, 0.25) is 0 Å². The van der Waals surface area contributed by atoms with Crippen LogP contribution in [0.5, 0.6) is 0 Å². The lowest BCUT2D eigenvalue weighted by Crippen LogP contribution is -2.56. The Morgan fingerprint density at radius 3 is 2.52 bits per heavy atom. The van der Waals surface area contributed by atoms with Crippen molar-refractivity contribution >= 4 is 0 Å². The Morgan fingerprint density at radius 2 is 1.84 bits per heavy atom. The molecule has 0 unspecified atom stereocenters. The second kappa shape index (κ2) is 5.31. The zero-order valence-electron chi connectivity index (χ0n) is 15.1. The van der Waals surface area contributed by atoms with Crippen LogP contribution in [0.3, 0.4) is 0 Å². The highest BCUT2D eigenvalue weighted by Crippen LogP contribution is 2.67. The molecular weight excluding hydrogens is 319 g/mol. The first kappa shape index (κ1) is 17.5. The molecule has 0 amide bonds. The molecule has 0 saturated heterocycles. The van der Waals surface area contributed by atoms with Crippen LogP contribution in [0.4, 0.5) is 4.39 Å². The van der Waals surface area contributed by atoms with Gasteiger partial charge in [-0.15, -0.1) is 6.42 Å². The minimum Gasteiger partial charge on any atom is -0.389 e. The fourth-order valence-electron chi connectivity index (χ4n) is 7.08. The molecule has 25 heavy (non-hydrogen) atoms. The lowest BCUT2D eigenvalue weighted by molar-refractivity contribution is -0.122. The lowest BCUT2D eigenvalue weighted by Gasteiger charge is -2.58. The summed E-state index contributed by atoms with van der Waals surface area (Å²) in [6, 6.07) is 0. The standard InChI is InChI=1S/C21H29FO3/c1-4-21(25)17(24)11-15-12-5-6-14-18(22)16(23)8-9-19(14,2)13(12)7-10-20(15,21)3/h1,12-13,15-17,23-25H,5-11H2,2-3H3/t12-,13+,15+,16+,17+,19-,20+,21+/m1/s1. The van der Waals surface area contributed by atoms with Crippen molar-refractivity contribution in [2.45, 2.75) is 76.6 Å². The van der Waals surface area contributed by atoms with Crippen molar-refractivity contribution in [1.82, 2.24) is 0 Å². The summed E-state index contributed by atoms with van der Waals surface area (Å²) in [6.07, 6.45) is 8.79. The number of hydrogen-bond acceptors (Lipinski definition) is 3. The van der Waals surface area contributed by atoms with Crippen LogP contribution in [-0.2, 0) is 0 Å². The SMILES string of the molecule is C#C[C@]1(O)[C@@H](O)C[C@H]2[C@@H]3CCC4=C(F)[C@@H](O)CC[C@]4(C)[C@H]3CC[C@@]21C. The van der Waals surface area contributed by atoms with Gasteiger partial charge in [0.15, 0.2) is 5.60 Å². The third kappa shape index (κ3) is 1.98. The average Bonchev–Trinajstić information content (AvgIpc) is 2.79. The Balaban J connectivity index is 1.73. The van der Waals surface area contributed by atoms with Gasteiger partial charge in [0, 0.05) is 5.41 Å². The first-order valence-electron chi connectivity index (χ1n) is 9.64. The lowest BCUT2D eigenvalue weighted by atomic mass is 9.46. The van der Waals surface area contributed by atoms with Crippen LogP contribution in [0, 0.1) is 40.9 Å². The zero-order chi connectivity index (χ0) is 18.2. The molecule has 0 heterocycles. The van der Waals surface area contributed by atoms with Crippen molar-refractivity contribution < 1.29 is 19.7 Å². The normalized spacial score (nSPS) is 55.2. The number of terminal acetylenes is 1. The Bertz CT molecular complexity index is 667. The summed E-state index contributed by atoms with van der Waals surface area (Å²) in [5.74, 6) is 3.04. The molecule has 4 aliphatic rings. The van der Waals surface area contributed by atoms with Crippen LogP contribution in [0.25, 0.3) is 0 Å². The van der Waals surface area contributed by atoms with Crippen molar-refractivity contribution in [3.63, 3.8) is 0 Å². The third-order valence-electron chi connectivity index (χ3n) is 8.63. The molecule has 138 valence electrons. The summed E-state index contributed by atoms with van der Waals surface area (Å²) in [5, 5.41) is 31.4. The van der Waals surface area contributed by atoms with E-state index in [1.165, 1.54) is 0 Å². The van der Waals surface area contributed by atoms with Gasteiger partial charge in [-0.1, -0.05) is 19.8 Å². The van der Waals surface area contributed by atoms with E-state index < -0.39 is 23.2 Å². The Hall–Kier alpha value is -0.890. The summed E-state index contributed by atoms with van der Waals surface area (Å²) in [4.78, 5) is 0. The van der Waals surface area contributed by atoms with Gasteiger partial charge < -0.3 is 15.3 Å². The van der Waals surface area contributed by atoms with Crippen LogP contribution in [-0.4, -0.2) is 33.1 Å². The number of rotatable bonds is 0. The van der Waals surface area contributed by atoms with Crippen LogP contribution in [0.15, 0.2) is 11.4 Å². The van der Waals surface area contributed by atoms with E-state index in [1.54, 1.807) is 0 Å². The second-order valence-electron chi connectivity index (χ2n) is 9.33. The predicted molar refractivity (Wildman–Crippen MR) is 92.9 cm³/mol. The highest BCUT2D eigenvalue weighted by Gasteiger charge is 2.67. The molecule has 4 rings (SSSR count). The molecule has 3 N–H and O–H groups in total. The van der Waals surface area contributed by atoms with Gasteiger partial charge in [-0.2, -0.15) is 0 Å². The average molecular weight is 348 g/mol. The summed E-state index contributed by atoms with van der Waals surface area (Å²) >= 11 is 0. The van der Waals surface area contributed by atoms with Gasteiger partial charge in [-0.05, 0) is 73.7 Å². The number of allylic oxidation sites excluding steroid dienone is 1. The second-order valence-corrected chi connectivity index (χ2v) is 9.33. The summed E-state index contributed by atoms with van der Waals surface area (Å²) < 4.78 is 14.6. The Kier molecular flexibility index (Phi) is 3.72. The molecule has 4 aliphatic carbocycles. The molecule has 3 nitrogen and oxygen atoms in total. The van der Waals surface area contributed by atoms with E-state index in [-0.39, 0.29) is 17.2 Å². The van der Waals surface area contributed by atoms with Crippen molar-refractivity contribution in [3.8, 4) is 12.3 Å². The number of aliphatic hydroxyl groups excluding tert-OH is 2. The number of aliphatic hydroxyl groups is 3. The molecule has 0 aromatic heterocycles. The predicted octanol–water partition coefficient (Wildman–Crippen LogP) is 2.94. The Labute approximate surface area is 149 Å². The van der Waals surface area contributed by atoms with Gasteiger partial charge >= 0.3 is 0 Å². The molecule has 3 saturated carbocycles. The van der Waals surface area contributed by atoms with Crippen LogP contribution >= 0.6 is 0 Å². The quantitative estimate of drug-likeness (QED) is 0.590. The van der Waals surface area contributed by atoms with Crippen LogP contribution < -0.4 is 0 Å². The van der Waals surface area contributed by atoms with Crippen molar-refractivity contribution in [2.24, 2.45) is 28.6 Å². The number of hydrogen-bond donors (Lipinski definition) is 3. The topological polar surface area (TPSA) is 60.7 Å². The van der Waals surface area contributed by atoms with E-state index >= 15 is 0 Å². The van der Waals surface area contributed by atoms with Gasteiger partial charge in [-0.3, -0.25) is 0 Å². The van der Waals surface area contributed by atoms with Gasteiger partial charge in [0.25, 0.3) is 0 Å². The molecule has 0 aromatic carbocycles. The first-order chi connectivity index (χ1) is 11.7. The van der Waals surface area contributed by atoms with E-state index in [1.807, 2.05) is 6.92 Å². The molecule has 8 atom stereocenters. The van der Waals surface area contributed by atoms with Crippen molar-refractivity contribution in [3.05, 3.63) is 11.4 Å². The molecule has 0 bridgehead atoms. The van der Waals surface area contributed by atoms with Crippen molar-refractivity contribution in [1.29, 1.82) is 0 Å². The number of fused-ring (bicyclic) bond motifs is 5. The fourth-order valence-corrected chi connectivity index (χ4v) is 7.08. The minimum atomic E-state index is -1.46. The third-order valence-corrected chi connectivity index (χ3v) is 8.63. The maximum absolute atomic E-state index is 14.6. The van der Waals surface area contributed by atoms with Crippen LogP contribution in [0.1, 0.15) is 58.8 Å². The van der Waals surface area contributed by atoms with Crippen LogP contribution in [0.2, 0.25) is 0 Å². The minimum absolute atomic E-state index is 0.163. The van der Waals surface area contributed by atoms with Gasteiger partial charge in [-0.25, -0.2) is 4.39 Å². The summed E-state index contributed by atoms with van der Waals surface area (Å²) in [7, 11) is 0. The van der Waals surface area contributed by atoms with Gasteiger partial charge in [0.05, 0.1) is 6.10 Å². The summed E-state index contributed by atoms with van der Waals surface area (Å²) in [6.45, 7) is 4.19. The highest BCUT2D eigenvalue weighted by atomic mass is 19.1. The summed E-state index contributed by atoms with van der Waals surface area (Å²) in [5.41, 5.74) is -1.34. The van der Waals surface area contributed by atoms with E-state index in [4.69, 9.17) is 6.42 Å². The molecule has 0 radical (unpaired) electrons.